The average Bonchev–Trinajstić information content (AvgIpc) is 3.48. The predicted molar refractivity (Wildman–Crippen MR) is 215 cm³/mol. The molecular formula is C46H72FNO5S. The summed E-state index contributed by atoms with van der Waals surface area (Å²) in [5.74, 6) is 1.79. The first-order valence-corrected chi connectivity index (χ1v) is 23.6. The Bertz CT molecular complexity index is 1690. The fourth-order valence-electron chi connectivity index (χ4n) is 15.5. The minimum absolute atomic E-state index is 0.0346. The molecule has 7 aliphatic carbocycles. The van der Waals surface area contributed by atoms with E-state index in [-0.39, 0.29) is 38.9 Å². The smallest absolute Gasteiger partial charge is 0.312 e. The zero-order valence-electron chi connectivity index (χ0n) is 34.7. The molecule has 0 bridgehead atoms. The molecule has 0 aromatic heterocycles. The summed E-state index contributed by atoms with van der Waals surface area (Å²) in [6.07, 6.45) is 20.8. The van der Waals surface area contributed by atoms with Crippen molar-refractivity contribution < 1.29 is 27.8 Å². The quantitative estimate of drug-likeness (QED) is 0.202. The van der Waals surface area contributed by atoms with E-state index in [1.807, 2.05) is 0 Å². The summed E-state index contributed by atoms with van der Waals surface area (Å²) in [5.41, 5.74) is 2.54. The molecule has 7 rings (SSSR count). The molecule has 7 aliphatic rings. The first kappa shape index (κ1) is 40.7. The number of aliphatic carboxylic acids is 1. The van der Waals surface area contributed by atoms with E-state index in [0.29, 0.717) is 74.5 Å². The fourth-order valence-corrected chi connectivity index (χ4v) is 16.6. The minimum atomic E-state index is -3.07. The molecule has 0 saturated heterocycles. The molecule has 0 aromatic carbocycles. The van der Waals surface area contributed by atoms with Gasteiger partial charge in [-0.25, -0.2) is 12.8 Å². The number of allylic oxidation sites excluding steroid dienone is 5. The van der Waals surface area contributed by atoms with Crippen LogP contribution in [0.15, 0.2) is 35.5 Å². The van der Waals surface area contributed by atoms with Gasteiger partial charge in [0.1, 0.15) is 16.5 Å². The van der Waals surface area contributed by atoms with Crippen LogP contribution < -0.4 is 5.32 Å². The van der Waals surface area contributed by atoms with Crippen molar-refractivity contribution >= 4 is 15.8 Å². The number of hydrogen-bond donors (Lipinski definition) is 3. The van der Waals surface area contributed by atoms with Crippen LogP contribution in [0.3, 0.4) is 0 Å². The number of hydrogen-bond acceptors (Lipinski definition) is 5. The number of nitrogens with one attached hydrogen (secondary N) is 1. The third kappa shape index (κ3) is 6.09. The maximum atomic E-state index is 14.0. The molecule has 3 N–H and O–H groups in total. The van der Waals surface area contributed by atoms with Crippen molar-refractivity contribution in [3.8, 4) is 0 Å². The van der Waals surface area contributed by atoms with Crippen molar-refractivity contribution in [3.05, 3.63) is 35.5 Å². The highest BCUT2D eigenvalue weighted by Gasteiger charge is 2.70. The van der Waals surface area contributed by atoms with E-state index in [2.05, 4.69) is 65.6 Å². The fraction of sp³-hybridized carbons (Fsp3) is 0.848. The first-order chi connectivity index (χ1) is 25.1. The molecule has 0 aliphatic heterocycles. The average molecular weight is 770 g/mol. The lowest BCUT2D eigenvalue weighted by molar-refractivity contribution is -0.221. The zero-order valence-corrected chi connectivity index (χ0v) is 35.5. The van der Waals surface area contributed by atoms with Crippen molar-refractivity contribution in [1.29, 1.82) is 0 Å². The maximum Gasteiger partial charge on any atom is 0.312 e. The molecule has 0 aromatic rings. The van der Waals surface area contributed by atoms with Gasteiger partial charge in [-0.15, -0.1) is 0 Å². The lowest BCUT2D eigenvalue weighted by atomic mass is 9.33. The highest BCUT2D eigenvalue weighted by atomic mass is 32.2. The number of carbonyl (C=O) groups is 1. The van der Waals surface area contributed by atoms with Crippen molar-refractivity contribution in [2.24, 2.45) is 56.7 Å². The van der Waals surface area contributed by atoms with Crippen LogP contribution in [0.1, 0.15) is 151 Å². The standard InChI is InChI=1S/C46H72FNO5S/c1-30(2)33-15-24-46(48-28-27-45(51)22-13-32(14-23-45)54(8,52)53)26-25-42(6)35(38(33)46)9-10-37-41(5)18-16-34(40(3,4)36(41)17-19-43(37,42)7)31-11-20-44(29-47,21-12-31)39(49)50/h11,16,32-33,35-38,48,51H,1,9-10,12-15,17-29H2,2-8H3,(H,49,50). The Hall–Kier alpha value is -1.51. The highest BCUT2D eigenvalue weighted by molar-refractivity contribution is 7.91. The largest absolute Gasteiger partial charge is 0.481 e. The summed E-state index contributed by atoms with van der Waals surface area (Å²) in [4.78, 5) is 12.0. The van der Waals surface area contributed by atoms with Crippen LogP contribution in [0.2, 0.25) is 0 Å². The third-order valence-corrected chi connectivity index (χ3v) is 20.5. The Balaban J connectivity index is 1.12. The predicted octanol–water partition coefficient (Wildman–Crippen LogP) is 9.78. The summed E-state index contributed by atoms with van der Waals surface area (Å²) >= 11 is 0. The molecular weight excluding hydrogens is 698 g/mol. The van der Waals surface area contributed by atoms with Crippen LogP contribution in [0.25, 0.3) is 0 Å². The molecule has 8 heteroatoms. The van der Waals surface area contributed by atoms with Crippen molar-refractivity contribution in [1.82, 2.24) is 5.32 Å². The van der Waals surface area contributed by atoms with Gasteiger partial charge < -0.3 is 15.5 Å². The topological polar surface area (TPSA) is 104 Å². The molecule has 0 radical (unpaired) electrons. The summed E-state index contributed by atoms with van der Waals surface area (Å²) in [6, 6.07) is 0. The monoisotopic (exact) mass is 770 g/mol. The van der Waals surface area contributed by atoms with E-state index in [4.69, 9.17) is 0 Å². The van der Waals surface area contributed by atoms with Gasteiger partial charge in [0.05, 0.1) is 16.3 Å². The van der Waals surface area contributed by atoms with Gasteiger partial charge in [-0.2, -0.15) is 0 Å². The lowest BCUT2D eigenvalue weighted by Crippen LogP contribution is -2.68. The zero-order chi connectivity index (χ0) is 39.3. The number of carboxylic acid groups (broad SMARTS) is 1. The van der Waals surface area contributed by atoms with Crippen LogP contribution in [0.4, 0.5) is 4.39 Å². The van der Waals surface area contributed by atoms with E-state index in [9.17, 15) is 27.8 Å². The van der Waals surface area contributed by atoms with E-state index in [1.165, 1.54) is 61.5 Å². The van der Waals surface area contributed by atoms with E-state index >= 15 is 0 Å². The lowest BCUT2D eigenvalue weighted by Gasteiger charge is -2.72. The number of halogens is 1. The molecule has 54 heavy (non-hydrogen) atoms. The molecule has 10 atom stereocenters. The van der Waals surface area contributed by atoms with Crippen LogP contribution in [-0.2, 0) is 14.6 Å². The second kappa shape index (κ2) is 13.5. The van der Waals surface area contributed by atoms with Crippen LogP contribution in [0, 0.1) is 56.7 Å². The summed E-state index contributed by atoms with van der Waals surface area (Å²) in [7, 11) is -3.07. The Morgan fingerprint density at radius 2 is 1.59 bits per heavy atom. The Labute approximate surface area is 326 Å². The Morgan fingerprint density at radius 1 is 0.889 bits per heavy atom. The van der Waals surface area contributed by atoms with E-state index < -0.39 is 33.5 Å². The molecule has 0 amide bonds. The molecule has 10 unspecified atom stereocenters. The normalized spacial score (nSPS) is 47.3. The van der Waals surface area contributed by atoms with Gasteiger partial charge in [-0.3, -0.25) is 4.79 Å². The van der Waals surface area contributed by atoms with Crippen LogP contribution in [0.5, 0.6) is 0 Å². The first-order valence-electron chi connectivity index (χ1n) is 21.6. The van der Waals surface area contributed by atoms with Gasteiger partial charge in [0, 0.05) is 11.8 Å². The second-order valence-electron chi connectivity index (χ2n) is 21.5. The number of sulfone groups is 1. The molecule has 5 saturated carbocycles. The van der Waals surface area contributed by atoms with Gasteiger partial charge >= 0.3 is 5.97 Å². The van der Waals surface area contributed by atoms with Gasteiger partial charge in [-0.1, -0.05) is 58.9 Å². The summed E-state index contributed by atoms with van der Waals surface area (Å²) < 4.78 is 38.4. The van der Waals surface area contributed by atoms with Gasteiger partial charge in [0.25, 0.3) is 0 Å². The minimum Gasteiger partial charge on any atom is -0.481 e. The van der Waals surface area contributed by atoms with Gasteiger partial charge in [-0.05, 0) is 185 Å². The molecule has 0 heterocycles. The number of rotatable bonds is 9. The van der Waals surface area contributed by atoms with Crippen LogP contribution >= 0.6 is 0 Å². The van der Waals surface area contributed by atoms with Crippen molar-refractivity contribution in [2.45, 2.75) is 167 Å². The maximum absolute atomic E-state index is 14.0. The van der Waals surface area contributed by atoms with Crippen molar-refractivity contribution in [2.75, 3.05) is 19.5 Å². The molecule has 304 valence electrons. The second-order valence-corrected chi connectivity index (χ2v) is 23.8. The van der Waals surface area contributed by atoms with Crippen LogP contribution in [-0.4, -0.2) is 60.5 Å². The number of carboxylic acids is 1. The van der Waals surface area contributed by atoms with E-state index in [1.54, 1.807) is 0 Å². The number of aliphatic hydroxyl groups is 1. The highest BCUT2D eigenvalue weighted by Crippen LogP contribution is 2.76. The third-order valence-electron chi connectivity index (χ3n) is 18.8. The number of alkyl halides is 1. The molecule has 0 spiro atoms. The SMILES string of the molecule is C=C(C)C1CCC2(NCCC3(O)CCC(S(C)(=O)=O)CC3)CCC3(C)C(CCC4C5(C)CC=C(C6=CCC(CF)(C(=O)O)CC6)C(C)(C)C5CCC43C)C12. The molecule has 5 fully saturated rings. The molecule has 6 nitrogen and oxygen atoms in total. The van der Waals surface area contributed by atoms with Gasteiger partial charge in [0.15, 0.2) is 0 Å². The van der Waals surface area contributed by atoms with E-state index in [0.717, 1.165) is 25.8 Å². The number of fused-ring (bicyclic) bond motifs is 7. The Kier molecular flexibility index (Phi) is 10.2. The van der Waals surface area contributed by atoms with Gasteiger partial charge in [0.2, 0.25) is 0 Å². The summed E-state index contributed by atoms with van der Waals surface area (Å²) in [5, 5.41) is 25.2. The van der Waals surface area contributed by atoms with Crippen molar-refractivity contribution in [3.63, 3.8) is 0 Å². The Morgan fingerprint density at radius 3 is 2.19 bits per heavy atom. The summed E-state index contributed by atoms with van der Waals surface area (Å²) in [6.45, 7) is 19.7.